The molecule has 26 heavy (non-hydrogen) atoms. The van der Waals surface area contributed by atoms with Crippen molar-refractivity contribution < 1.29 is 29.1 Å². The fourth-order valence-electron chi connectivity index (χ4n) is 2.50. The molecule has 0 spiro atoms. The molecule has 9 heteroatoms. The van der Waals surface area contributed by atoms with E-state index in [-0.39, 0.29) is 18.0 Å². The van der Waals surface area contributed by atoms with Crippen molar-refractivity contribution >= 4 is 46.9 Å². The average Bonchev–Trinajstić information content (AvgIpc) is 2.84. The van der Waals surface area contributed by atoms with Gasteiger partial charge >= 0.3 is 5.97 Å². The number of carbonyl (C=O) groups is 5. The van der Waals surface area contributed by atoms with Crippen LogP contribution in [0.15, 0.2) is 24.3 Å². The number of benzene rings is 1. The zero-order valence-electron chi connectivity index (χ0n) is 14.2. The minimum atomic E-state index is -1.21. The van der Waals surface area contributed by atoms with Gasteiger partial charge in [0.15, 0.2) is 5.78 Å². The van der Waals surface area contributed by atoms with Crippen LogP contribution in [0.25, 0.3) is 0 Å². The number of ketones is 1. The summed E-state index contributed by atoms with van der Waals surface area (Å²) in [6.07, 6.45) is -0.0692. The number of Topliss-reactive ketones (excluding diaryl/α,β-unsaturated/α-hetero) is 1. The van der Waals surface area contributed by atoms with Crippen LogP contribution in [-0.4, -0.2) is 51.6 Å². The fraction of sp³-hybridized carbons (Fsp3) is 0.353. The van der Waals surface area contributed by atoms with E-state index in [0.29, 0.717) is 11.3 Å². The van der Waals surface area contributed by atoms with Gasteiger partial charge in [0.1, 0.15) is 6.04 Å². The average molecular weight is 378 g/mol. The molecule has 1 aromatic rings. The normalized spacial score (nSPS) is 17.9. The molecule has 0 bridgehead atoms. The van der Waals surface area contributed by atoms with Gasteiger partial charge in [0.25, 0.3) is 0 Å². The maximum Gasteiger partial charge on any atom is 0.327 e. The molecule has 0 aromatic heterocycles. The van der Waals surface area contributed by atoms with Crippen molar-refractivity contribution in [2.24, 2.45) is 0 Å². The summed E-state index contributed by atoms with van der Waals surface area (Å²) in [5, 5.41) is 10.7. The predicted molar refractivity (Wildman–Crippen MR) is 95.0 cm³/mol. The fourth-order valence-corrected chi connectivity index (χ4v) is 3.66. The van der Waals surface area contributed by atoms with Gasteiger partial charge in [-0.3, -0.25) is 19.2 Å². The van der Waals surface area contributed by atoms with Crippen LogP contribution in [-0.2, 0) is 19.2 Å². The van der Waals surface area contributed by atoms with E-state index in [9.17, 15) is 24.0 Å². The Bertz CT molecular complexity index is 778. The molecule has 0 radical (unpaired) electrons. The van der Waals surface area contributed by atoms with Crippen molar-refractivity contribution in [3.8, 4) is 0 Å². The Morgan fingerprint density at radius 1 is 1.31 bits per heavy atom. The van der Waals surface area contributed by atoms with Crippen LogP contribution in [0.1, 0.15) is 30.6 Å². The number of aliphatic carboxylic acids is 1. The van der Waals surface area contributed by atoms with E-state index in [0.717, 1.165) is 16.7 Å². The van der Waals surface area contributed by atoms with Crippen molar-refractivity contribution in [2.75, 3.05) is 10.7 Å². The third-order valence-electron chi connectivity index (χ3n) is 3.76. The summed E-state index contributed by atoms with van der Waals surface area (Å²) in [6, 6.07) is 5.07. The first-order valence-corrected chi connectivity index (χ1v) is 8.85. The second-order valence-electron chi connectivity index (χ2n) is 5.79. The quantitative estimate of drug-likeness (QED) is 0.533. The molecule has 2 unspecified atom stereocenters. The van der Waals surface area contributed by atoms with Crippen LogP contribution in [0, 0.1) is 0 Å². The third kappa shape index (κ3) is 4.48. The van der Waals surface area contributed by atoms with Crippen molar-refractivity contribution in [1.29, 1.82) is 0 Å². The van der Waals surface area contributed by atoms with Crippen LogP contribution in [0.4, 0.5) is 5.69 Å². The standard InChI is InChI=1S/C17H18N2O6S/c1-9(20)11-4-3-5-12(6-11)19-15(22)7-14(16(19)23)26-8-13(17(24)25)18-10(2)21/h3-6,13-14H,7-8H2,1-2H3,(H,18,21)(H,24,25). The van der Waals surface area contributed by atoms with Crippen LogP contribution in [0.3, 0.4) is 0 Å². The number of nitrogens with zero attached hydrogens (tertiary/aromatic N) is 1. The van der Waals surface area contributed by atoms with E-state index < -0.39 is 35.0 Å². The van der Waals surface area contributed by atoms with Crippen LogP contribution >= 0.6 is 11.8 Å². The zero-order valence-corrected chi connectivity index (χ0v) is 15.0. The number of amides is 3. The molecule has 1 fully saturated rings. The number of rotatable bonds is 7. The SMILES string of the molecule is CC(=O)NC(CSC1CC(=O)N(c2cccc(C(C)=O)c2)C1=O)C(=O)O. The van der Waals surface area contributed by atoms with Crippen molar-refractivity contribution in [2.45, 2.75) is 31.6 Å². The number of carboxylic acids is 1. The first-order chi connectivity index (χ1) is 12.2. The highest BCUT2D eigenvalue weighted by Gasteiger charge is 2.40. The molecule has 138 valence electrons. The Kier molecular flexibility index (Phi) is 6.14. The number of thioether (sulfide) groups is 1. The van der Waals surface area contributed by atoms with E-state index in [2.05, 4.69) is 5.32 Å². The van der Waals surface area contributed by atoms with Crippen molar-refractivity contribution in [3.05, 3.63) is 29.8 Å². The molecular formula is C17H18N2O6S. The zero-order chi connectivity index (χ0) is 19.4. The minimum Gasteiger partial charge on any atom is -0.480 e. The monoisotopic (exact) mass is 378 g/mol. The van der Waals surface area contributed by atoms with E-state index in [1.165, 1.54) is 19.9 Å². The molecule has 1 heterocycles. The lowest BCUT2D eigenvalue weighted by Crippen LogP contribution is -2.42. The maximum absolute atomic E-state index is 12.6. The van der Waals surface area contributed by atoms with Gasteiger partial charge < -0.3 is 10.4 Å². The molecule has 0 saturated carbocycles. The number of hydrogen-bond donors (Lipinski definition) is 2. The lowest BCUT2D eigenvalue weighted by molar-refractivity contribution is -0.140. The van der Waals surface area contributed by atoms with Gasteiger partial charge in [-0.05, 0) is 19.1 Å². The van der Waals surface area contributed by atoms with Crippen LogP contribution < -0.4 is 10.2 Å². The highest BCUT2D eigenvalue weighted by atomic mass is 32.2. The molecular weight excluding hydrogens is 360 g/mol. The van der Waals surface area contributed by atoms with E-state index in [1.54, 1.807) is 18.2 Å². The lowest BCUT2D eigenvalue weighted by Gasteiger charge is -2.17. The summed E-state index contributed by atoms with van der Waals surface area (Å²) in [5.41, 5.74) is 0.697. The number of nitrogens with one attached hydrogen (secondary N) is 1. The molecule has 3 amide bonds. The lowest BCUT2D eigenvalue weighted by atomic mass is 10.1. The highest BCUT2D eigenvalue weighted by Crippen LogP contribution is 2.30. The maximum atomic E-state index is 12.6. The second kappa shape index (κ2) is 8.13. The van der Waals surface area contributed by atoms with Crippen LogP contribution in [0.5, 0.6) is 0 Å². The molecule has 1 aliphatic rings. The molecule has 1 saturated heterocycles. The molecule has 1 aromatic carbocycles. The molecule has 1 aliphatic heterocycles. The van der Waals surface area contributed by atoms with Gasteiger partial charge in [-0.25, -0.2) is 9.69 Å². The van der Waals surface area contributed by atoms with Crippen molar-refractivity contribution in [3.63, 3.8) is 0 Å². The van der Waals surface area contributed by atoms with Crippen molar-refractivity contribution in [1.82, 2.24) is 5.32 Å². The summed E-state index contributed by atoms with van der Waals surface area (Å²) >= 11 is 1.01. The molecule has 0 aliphatic carbocycles. The van der Waals surface area contributed by atoms with Gasteiger partial charge in [-0.2, -0.15) is 0 Å². The Hall–Kier alpha value is -2.68. The number of imide groups is 1. The largest absolute Gasteiger partial charge is 0.480 e. The first kappa shape index (κ1) is 19.6. The van der Waals surface area contributed by atoms with E-state index in [4.69, 9.17) is 5.11 Å². The van der Waals surface area contributed by atoms with Gasteiger partial charge in [0, 0.05) is 24.7 Å². The van der Waals surface area contributed by atoms with Gasteiger partial charge in [-0.15, -0.1) is 11.8 Å². The Labute approximate surface area is 153 Å². The van der Waals surface area contributed by atoms with E-state index in [1.807, 2.05) is 0 Å². The third-order valence-corrected chi connectivity index (χ3v) is 5.05. The van der Waals surface area contributed by atoms with Crippen LogP contribution in [0.2, 0.25) is 0 Å². The molecule has 2 rings (SSSR count). The number of carbonyl (C=O) groups excluding carboxylic acids is 4. The topological polar surface area (TPSA) is 121 Å². The summed E-state index contributed by atoms with van der Waals surface area (Å²) in [6.45, 7) is 2.59. The summed E-state index contributed by atoms with van der Waals surface area (Å²) in [4.78, 5) is 59.5. The number of carboxylic acid groups (broad SMARTS) is 1. The molecule has 2 atom stereocenters. The summed E-state index contributed by atoms with van der Waals surface area (Å²) in [7, 11) is 0. The van der Waals surface area contributed by atoms with E-state index >= 15 is 0 Å². The Balaban J connectivity index is 2.11. The van der Waals surface area contributed by atoms with Gasteiger partial charge in [-0.1, -0.05) is 12.1 Å². The van der Waals surface area contributed by atoms with Gasteiger partial charge in [0.2, 0.25) is 17.7 Å². The summed E-state index contributed by atoms with van der Waals surface area (Å²) < 4.78 is 0. The summed E-state index contributed by atoms with van der Waals surface area (Å²) in [5.74, 6) is -2.81. The molecule has 8 nitrogen and oxygen atoms in total. The highest BCUT2D eigenvalue weighted by molar-refractivity contribution is 8.00. The smallest absolute Gasteiger partial charge is 0.327 e. The van der Waals surface area contributed by atoms with Gasteiger partial charge in [0.05, 0.1) is 10.9 Å². The Morgan fingerprint density at radius 2 is 2.00 bits per heavy atom. The number of hydrogen-bond acceptors (Lipinski definition) is 6. The number of anilines is 1. The second-order valence-corrected chi connectivity index (χ2v) is 7.03. The predicted octanol–water partition coefficient (Wildman–Crippen LogP) is 0.844. The minimum absolute atomic E-state index is 0.0417. The molecule has 2 N–H and O–H groups in total. The Morgan fingerprint density at radius 3 is 2.58 bits per heavy atom. The first-order valence-electron chi connectivity index (χ1n) is 7.80.